The summed E-state index contributed by atoms with van der Waals surface area (Å²) in [4.78, 5) is 18.9. The zero-order chi connectivity index (χ0) is 21.5. The molecule has 0 unspecified atom stereocenters. The first-order chi connectivity index (χ1) is 14.4. The fraction of sp³-hybridized carbons (Fsp3) is 0.190. The first-order valence-electron chi connectivity index (χ1n) is 9.17. The molecule has 0 aliphatic rings. The second kappa shape index (κ2) is 11.2. The fourth-order valence-corrected chi connectivity index (χ4v) is 3.02. The number of aromatic nitrogens is 2. The first kappa shape index (κ1) is 24.0. The second-order valence-electron chi connectivity index (χ2n) is 6.41. The van der Waals surface area contributed by atoms with Gasteiger partial charge in [0.2, 0.25) is 5.95 Å². The number of benzene rings is 2. The lowest BCUT2D eigenvalue weighted by atomic mass is 10.0. The van der Waals surface area contributed by atoms with Crippen LogP contribution in [0.2, 0.25) is 5.02 Å². The highest BCUT2D eigenvalue weighted by Gasteiger charge is 2.15. The summed E-state index contributed by atoms with van der Waals surface area (Å²) in [5, 5.41) is 9.24. The van der Waals surface area contributed by atoms with Crippen molar-refractivity contribution in [3.63, 3.8) is 0 Å². The van der Waals surface area contributed by atoms with Crippen LogP contribution in [0.1, 0.15) is 18.5 Å². The molecule has 8 nitrogen and oxygen atoms in total. The predicted molar refractivity (Wildman–Crippen MR) is 122 cm³/mol. The van der Waals surface area contributed by atoms with Crippen molar-refractivity contribution >= 4 is 41.7 Å². The number of carboxylic acids is 1. The fourth-order valence-electron chi connectivity index (χ4n) is 2.83. The number of ether oxygens (including phenoxy) is 2. The van der Waals surface area contributed by atoms with E-state index in [0.29, 0.717) is 40.8 Å². The molecule has 0 atom stereocenters. The number of rotatable bonds is 9. The quantitative estimate of drug-likeness (QED) is 0.400. The van der Waals surface area contributed by atoms with Gasteiger partial charge in [0, 0.05) is 23.1 Å². The maximum absolute atomic E-state index is 10.6. The Labute approximate surface area is 190 Å². The van der Waals surface area contributed by atoms with E-state index in [1.807, 2.05) is 12.1 Å². The number of aliphatic carboxylic acids is 1. The highest BCUT2D eigenvalue weighted by atomic mass is 35.5. The molecule has 0 radical (unpaired) electrons. The zero-order valence-corrected chi connectivity index (χ0v) is 18.0. The lowest BCUT2D eigenvalue weighted by molar-refractivity contribution is -0.137. The van der Waals surface area contributed by atoms with Crippen LogP contribution >= 0.6 is 24.0 Å². The number of nitrogen functional groups attached to an aromatic ring is 2. The normalized spacial score (nSPS) is 10.2. The third-order valence-corrected chi connectivity index (χ3v) is 4.36. The Morgan fingerprint density at radius 2 is 1.74 bits per heavy atom. The maximum atomic E-state index is 10.6. The van der Waals surface area contributed by atoms with Gasteiger partial charge in [0.05, 0.1) is 12.3 Å². The summed E-state index contributed by atoms with van der Waals surface area (Å²) in [7, 11) is 0. The van der Waals surface area contributed by atoms with Gasteiger partial charge in [-0.25, -0.2) is 4.98 Å². The number of carboxylic acid groups (broad SMARTS) is 1. The van der Waals surface area contributed by atoms with Gasteiger partial charge in [-0.15, -0.1) is 12.4 Å². The molecule has 3 rings (SSSR count). The number of nitrogens with two attached hydrogens (primary N) is 2. The Balaban J connectivity index is 0.00000341. The SMILES string of the molecule is Cl.Nc1nc(N)c(-c2cccc(Cl)c2)c(COc2cccc(OCCCC(=O)O)c2)n1. The molecule has 10 heteroatoms. The van der Waals surface area contributed by atoms with Crippen LogP contribution in [0, 0.1) is 0 Å². The van der Waals surface area contributed by atoms with Crippen LogP contribution in [-0.2, 0) is 11.4 Å². The monoisotopic (exact) mass is 464 g/mol. The zero-order valence-electron chi connectivity index (χ0n) is 16.5. The van der Waals surface area contributed by atoms with Gasteiger partial charge in [-0.2, -0.15) is 4.98 Å². The van der Waals surface area contributed by atoms with Crippen LogP contribution in [0.15, 0.2) is 48.5 Å². The summed E-state index contributed by atoms with van der Waals surface area (Å²) in [6, 6.07) is 14.2. The van der Waals surface area contributed by atoms with E-state index in [0.717, 1.165) is 5.56 Å². The van der Waals surface area contributed by atoms with Crippen molar-refractivity contribution < 1.29 is 19.4 Å². The average molecular weight is 465 g/mol. The molecule has 0 amide bonds. The number of carbonyl (C=O) groups is 1. The van der Waals surface area contributed by atoms with E-state index < -0.39 is 5.97 Å². The van der Waals surface area contributed by atoms with E-state index in [2.05, 4.69) is 9.97 Å². The van der Waals surface area contributed by atoms with Gasteiger partial charge in [0.25, 0.3) is 0 Å². The molecule has 0 saturated heterocycles. The summed E-state index contributed by atoms with van der Waals surface area (Å²) >= 11 is 6.11. The van der Waals surface area contributed by atoms with Gasteiger partial charge in [-0.1, -0.05) is 29.8 Å². The Morgan fingerprint density at radius 3 is 2.45 bits per heavy atom. The largest absolute Gasteiger partial charge is 0.493 e. The second-order valence-corrected chi connectivity index (χ2v) is 6.84. The van der Waals surface area contributed by atoms with Crippen molar-refractivity contribution in [1.82, 2.24) is 9.97 Å². The van der Waals surface area contributed by atoms with Crippen molar-refractivity contribution in [2.75, 3.05) is 18.1 Å². The van der Waals surface area contributed by atoms with Crippen molar-refractivity contribution in [2.24, 2.45) is 0 Å². The molecule has 1 heterocycles. The molecular weight excluding hydrogens is 443 g/mol. The molecule has 31 heavy (non-hydrogen) atoms. The van der Waals surface area contributed by atoms with Crippen molar-refractivity contribution in [3.8, 4) is 22.6 Å². The van der Waals surface area contributed by atoms with Crippen LogP contribution in [-0.4, -0.2) is 27.7 Å². The highest BCUT2D eigenvalue weighted by Crippen LogP contribution is 2.31. The average Bonchev–Trinajstić information content (AvgIpc) is 2.69. The molecule has 164 valence electrons. The van der Waals surface area contributed by atoms with Gasteiger partial charge >= 0.3 is 5.97 Å². The minimum absolute atomic E-state index is 0. The van der Waals surface area contributed by atoms with E-state index in [1.165, 1.54) is 0 Å². The smallest absolute Gasteiger partial charge is 0.303 e. The third-order valence-electron chi connectivity index (χ3n) is 4.13. The minimum Gasteiger partial charge on any atom is -0.493 e. The van der Waals surface area contributed by atoms with Gasteiger partial charge in [0.15, 0.2) is 0 Å². The minimum atomic E-state index is -0.852. The summed E-state index contributed by atoms with van der Waals surface area (Å²) in [5.74, 6) is 0.564. The Hall–Kier alpha value is -3.23. The van der Waals surface area contributed by atoms with Crippen LogP contribution in [0.3, 0.4) is 0 Å². The molecule has 3 aromatic rings. The molecule has 0 saturated carbocycles. The molecule has 0 spiro atoms. The van der Waals surface area contributed by atoms with Crippen molar-refractivity contribution in [2.45, 2.75) is 19.4 Å². The standard InChI is InChI=1S/C21H21ClN4O4.ClH/c22-14-5-1-4-13(10-14)19-17(25-21(24)26-20(19)23)12-30-16-7-2-6-15(11-16)29-9-3-8-18(27)28;/h1-2,4-7,10-11H,3,8-9,12H2,(H,27,28)(H4,23,24,25,26);1H. The number of halogens is 2. The number of anilines is 2. The molecule has 0 fully saturated rings. The maximum Gasteiger partial charge on any atom is 0.303 e. The van der Waals surface area contributed by atoms with E-state index in [9.17, 15) is 4.79 Å². The molecule has 0 bridgehead atoms. The summed E-state index contributed by atoms with van der Waals surface area (Å²) in [6.07, 6.45) is 0.474. The topological polar surface area (TPSA) is 134 Å². The summed E-state index contributed by atoms with van der Waals surface area (Å²) in [6.45, 7) is 0.398. The van der Waals surface area contributed by atoms with E-state index >= 15 is 0 Å². The lowest BCUT2D eigenvalue weighted by Gasteiger charge is -2.14. The number of hydrogen-bond acceptors (Lipinski definition) is 7. The number of hydrogen-bond donors (Lipinski definition) is 3. The van der Waals surface area contributed by atoms with E-state index in [4.69, 9.17) is 37.6 Å². The predicted octanol–water partition coefficient (Wildman–Crippen LogP) is 4.21. The Morgan fingerprint density at radius 1 is 1.03 bits per heavy atom. The highest BCUT2D eigenvalue weighted by molar-refractivity contribution is 6.30. The van der Waals surface area contributed by atoms with Crippen LogP contribution in [0.5, 0.6) is 11.5 Å². The molecule has 1 aromatic heterocycles. The molecule has 2 aromatic carbocycles. The first-order valence-corrected chi connectivity index (χ1v) is 9.55. The van der Waals surface area contributed by atoms with Crippen LogP contribution in [0.4, 0.5) is 11.8 Å². The van der Waals surface area contributed by atoms with Crippen molar-refractivity contribution in [1.29, 1.82) is 0 Å². The van der Waals surface area contributed by atoms with Gasteiger partial charge in [0.1, 0.15) is 23.9 Å². The summed E-state index contributed by atoms with van der Waals surface area (Å²) < 4.78 is 11.4. The molecular formula is C21H22Cl2N4O4. The van der Waals surface area contributed by atoms with Crippen molar-refractivity contribution in [3.05, 3.63) is 59.2 Å². The van der Waals surface area contributed by atoms with Gasteiger partial charge in [-0.05, 0) is 36.2 Å². The Kier molecular flexibility index (Phi) is 8.72. The van der Waals surface area contributed by atoms with E-state index in [-0.39, 0.29) is 37.2 Å². The third kappa shape index (κ3) is 6.91. The summed E-state index contributed by atoms with van der Waals surface area (Å²) in [5.41, 5.74) is 13.8. The van der Waals surface area contributed by atoms with Gasteiger partial charge in [-0.3, -0.25) is 4.79 Å². The van der Waals surface area contributed by atoms with E-state index in [1.54, 1.807) is 36.4 Å². The Bertz CT molecular complexity index is 1050. The molecule has 0 aliphatic carbocycles. The molecule has 5 N–H and O–H groups in total. The number of nitrogens with zero attached hydrogens (tertiary/aromatic N) is 2. The van der Waals surface area contributed by atoms with Crippen LogP contribution < -0.4 is 20.9 Å². The molecule has 0 aliphatic heterocycles. The lowest BCUT2D eigenvalue weighted by Crippen LogP contribution is -2.09. The van der Waals surface area contributed by atoms with Crippen LogP contribution in [0.25, 0.3) is 11.1 Å². The van der Waals surface area contributed by atoms with Gasteiger partial charge < -0.3 is 26.0 Å².